The number of hydrogen-bond donors (Lipinski definition) is 4. The maximum Gasteiger partial charge on any atom is 0.306 e. The van der Waals surface area contributed by atoms with Gasteiger partial charge in [0.2, 0.25) is 5.89 Å². The number of likely N-dealkylation sites (tertiary alicyclic amines) is 1. The van der Waals surface area contributed by atoms with E-state index in [0.29, 0.717) is 54.3 Å². The molecule has 1 atom stereocenters. The number of nitriles is 1. The highest BCUT2D eigenvalue weighted by atomic mass is 16.4. The Labute approximate surface area is 313 Å². The molecule has 6 aromatic rings. The van der Waals surface area contributed by atoms with Crippen molar-refractivity contribution < 1.29 is 19.4 Å². The van der Waals surface area contributed by atoms with Crippen LogP contribution in [0.5, 0.6) is 0 Å². The smallest absolute Gasteiger partial charge is 0.306 e. The molecule has 0 spiro atoms. The van der Waals surface area contributed by atoms with Gasteiger partial charge in [0.1, 0.15) is 17.1 Å². The monoisotopic (exact) mass is 721 g/mol. The van der Waals surface area contributed by atoms with E-state index in [4.69, 9.17) is 14.4 Å². The Kier molecular flexibility index (Phi) is 9.82. The lowest BCUT2D eigenvalue weighted by Gasteiger charge is -2.27. The Morgan fingerprint density at radius 3 is 2.50 bits per heavy atom. The number of nitrogens with one attached hydrogen (secondary N) is 2. The summed E-state index contributed by atoms with van der Waals surface area (Å²) in [5.74, 6) is 0.169. The van der Waals surface area contributed by atoms with E-state index >= 15 is 0 Å². The number of hydrogen-bond acceptors (Lipinski definition) is 10. The van der Waals surface area contributed by atoms with Gasteiger partial charge >= 0.3 is 5.97 Å². The maximum atomic E-state index is 11.3. The SMILES string of the molecule is Cc1c(Nc2nccc3cc(CN4CC[C@@H](O)C4)cnc23)cccc1-c1cccc(-c2nc3cc(CN[C@H]4CC[C@@H](C(=O)O)CC4)cc(C#N)c3o2)c1C. The van der Waals surface area contributed by atoms with Gasteiger partial charge in [-0.3, -0.25) is 14.7 Å². The molecule has 2 fully saturated rings. The first-order valence-corrected chi connectivity index (χ1v) is 18.6. The zero-order valence-electron chi connectivity index (χ0n) is 30.5. The zero-order chi connectivity index (χ0) is 37.3. The summed E-state index contributed by atoms with van der Waals surface area (Å²) in [7, 11) is 0. The number of nitrogens with zero attached hydrogens (tertiary/aromatic N) is 5. The largest absolute Gasteiger partial charge is 0.481 e. The number of aliphatic hydroxyl groups is 1. The molecule has 11 heteroatoms. The second-order valence-corrected chi connectivity index (χ2v) is 14.7. The average molecular weight is 722 g/mol. The Balaban J connectivity index is 1.03. The molecule has 4 N–H and O–H groups in total. The molecule has 0 amide bonds. The van der Waals surface area contributed by atoms with Crippen molar-refractivity contribution in [3.8, 4) is 28.7 Å². The molecule has 1 saturated carbocycles. The van der Waals surface area contributed by atoms with Crippen LogP contribution in [0.2, 0.25) is 0 Å². The number of aliphatic carboxylic acids is 1. The van der Waals surface area contributed by atoms with Crippen molar-refractivity contribution in [2.45, 2.75) is 71.2 Å². The van der Waals surface area contributed by atoms with E-state index in [1.165, 1.54) is 0 Å². The first-order valence-electron chi connectivity index (χ1n) is 18.6. The molecule has 2 aliphatic rings. The molecule has 274 valence electrons. The molecule has 1 saturated heterocycles. The van der Waals surface area contributed by atoms with E-state index in [1.54, 1.807) is 6.20 Å². The van der Waals surface area contributed by atoms with E-state index in [1.807, 2.05) is 48.7 Å². The summed E-state index contributed by atoms with van der Waals surface area (Å²) >= 11 is 0. The lowest BCUT2D eigenvalue weighted by molar-refractivity contribution is -0.142. The second kappa shape index (κ2) is 15.0. The number of fused-ring (bicyclic) bond motifs is 2. The highest BCUT2D eigenvalue weighted by molar-refractivity contribution is 5.91. The molecular weight excluding hydrogens is 679 g/mol. The van der Waals surface area contributed by atoms with Gasteiger partial charge in [0.15, 0.2) is 11.4 Å². The number of aromatic nitrogens is 3. The van der Waals surface area contributed by atoms with Gasteiger partial charge in [0.05, 0.1) is 17.6 Å². The predicted molar refractivity (Wildman–Crippen MR) is 208 cm³/mol. The van der Waals surface area contributed by atoms with Crippen LogP contribution in [-0.2, 0) is 17.9 Å². The standard InChI is InChI=1S/C43H43N7O4/c1-25-34(35-6-4-8-37(26(35)2)48-41-39-30(13-15-45-41)18-28(22-47-39)23-50-16-14-33(51)24-50)5-3-7-36(25)42-49-38-19-27(17-31(20-44)40(38)54-42)21-46-32-11-9-29(10-12-32)43(52)53/h3-8,13,15,17-19,22,29,32-33,46,51H,9-12,14,16,21,23-24H2,1-2H3,(H,45,48)(H,52,53)/t29-,32+,33-/m1/s1. The number of benzene rings is 3. The number of carboxylic acid groups (broad SMARTS) is 1. The molecule has 1 aliphatic heterocycles. The third-order valence-electron chi connectivity index (χ3n) is 11.1. The second-order valence-electron chi connectivity index (χ2n) is 14.7. The number of carbonyl (C=O) groups is 1. The van der Waals surface area contributed by atoms with E-state index in [9.17, 15) is 20.3 Å². The Morgan fingerprint density at radius 1 is 0.963 bits per heavy atom. The topological polar surface area (TPSA) is 160 Å². The van der Waals surface area contributed by atoms with Crippen LogP contribution in [0.1, 0.15) is 59.9 Å². The van der Waals surface area contributed by atoms with Crippen molar-refractivity contribution in [1.82, 2.24) is 25.2 Å². The molecule has 54 heavy (non-hydrogen) atoms. The number of pyridine rings is 2. The normalized spacial score (nSPS) is 19.0. The summed E-state index contributed by atoms with van der Waals surface area (Å²) in [5.41, 5.74) is 10.3. The summed E-state index contributed by atoms with van der Waals surface area (Å²) in [6.07, 6.45) is 7.24. The molecule has 4 heterocycles. The lowest BCUT2D eigenvalue weighted by atomic mass is 9.86. The van der Waals surface area contributed by atoms with Crippen molar-refractivity contribution in [3.05, 3.63) is 101 Å². The Hall–Kier alpha value is -5.67. The molecule has 0 unspecified atom stereocenters. The fraction of sp³-hybridized carbons (Fsp3) is 0.326. The molecule has 1 aliphatic carbocycles. The summed E-state index contributed by atoms with van der Waals surface area (Å²) in [4.78, 5) is 28.0. The van der Waals surface area contributed by atoms with E-state index < -0.39 is 5.97 Å². The third-order valence-corrected chi connectivity index (χ3v) is 11.1. The van der Waals surface area contributed by atoms with Gasteiger partial charge in [-0.1, -0.05) is 24.3 Å². The number of anilines is 2. The fourth-order valence-corrected chi connectivity index (χ4v) is 8.04. The Bertz CT molecular complexity index is 2410. The van der Waals surface area contributed by atoms with E-state index in [0.717, 1.165) is 87.9 Å². The van der Waals surface area contributed by atoms with E-state index in [-0.39, 0.29) is 18.1 Å². The highest BCUT2D eigenvalue weighted by Crippen LogP contribution is 2.38. The average Bonchev–Trinajstić information content (AvgIpc) is 3.80. The number of carboxylic acids is 1. The zero-order valence-corrected chi connectivity index (χ0v) is 30.5. The minimum absolute atomic E-state index is 0.243. The molecule has 8 rings (SSSR count). The first kappa shape index (κ1) is 35.4. The van der Waals surface area contributed by atoms with Gasteiger partial charge in [-0.2, -0.15) is 5.26 Å². The summed E-state index contributed by atoms with van der Waals surface area (Å²) in [5, 5.41) is 37.4. The number of oxazole rings is 1. The van der Waals surface area contributed by atoms with Crippen LogP contribution in [0.3, 0.4) is 0 Å². The number of rotatable bonds is 10. The van der Waals surface area contributed by atoms with Crippen LogP contribution < -0.4 is 10.6 Å². The van der Waals surface area contributed by atoms with Crippen molar-refractivity contribution in [2.24, 2.45) is 5.92 Å². The van der Waals surface area contributed by atoms with Gasteiger partial charge in [0.25, 0.3) is 0 Å². The van der Waals surface area contributed by atoms with Crippen LogP contribution in [0.25, 0.3) is 44.6 Å². The molecule has 11 nitrogen and oxygen atoms in total. The van der Waals surface area contributed by atoms with Crippen molar-refractivity contribution in [2.75, 3.05) is 18.4 Å². The minimum Gasteiger partial charge on any atom is -0.481 e. The lowest BCUT2D eigenvalue weighted by Crippen LogP contribution is -2.34. The fourth-order valence-electron chi connectivity index (χ4n) is 8.04. The molecular formula is C43H43N7O4. The van der Waals surface area contributed by atoms with Crippen LogP contribution in [-0.4, -0.2) is 61.3 Å². The minimum atomic E-state index is -0.709. The van der Waals surface area contributed by atoms with Gasteiger partial charge in [-0.25, -0.2) is 9.97 Å². The van der Waals surface area contributed by atoms with Crippen LogP contribution in [0.15, 0.2) is 77.5 Å². The molecule has 0 radical (unpaired) electrons. The van der Waals surface area contributed by atoms with Crippen molar-refractivity contribution in [1.29, 1.82) is 5.26 Å². The van der Waals surface area contributed by atoms with Gasteiger partial charge in [-0.15, -0.1) is 0 Å². The maximum absolute atomic E-state index is 11.3. The molecule has 3 aromatic heterocycles. The van der Waals surface area contributed by atoms with E-state index in [2.05, 4.69) is 58.6 Å². The van der Waals surface area contributed by atoms with Gasteiger partial charge in [-0.05, 0) is 116 Å². The summed E-state index contributed by atoms with van der Waals surface area (Å²) in [6.45, 7) is 7.05. The number of β-amino-alcohol motifs (C(OH)–C–C–N with tert-alkyl or cyclic N) is 1. The van der Waals surface area contributed by atoms with Gasteiger partial charge in [0, 0.05) is 61.3 Å². The molecule has 3 aromatic carbocycles. The van der Waals surface area contributed by atoms with Gasteiger partial charge < -0.3 is 25.3 Å². The van der Waals surface area contributed by atoms with Crippen molar-refractivity contribution >= 4 is 39.5 Å². The summed E-state index contributed by atoms with van der Waals surface area (Å²) < 4.78 is 6.30. The van der Waals surface area contributed by atoms with Crippen molar-refractivity contribution in [3.63, 3.8) is 0 Å². The van der Waals surface area contributed by atoms with Crippen LogP contribution in [0, 0.1) is 31.1 Å². The first-order chi connectivity index (χ1) is 26.2. The quantitative estimate of drug-likeness (QED) is 0.110. The van der Waals surface area contributed by atoms with Crippen LogP contribution >= 0.6 is 0 Å². The molecule has 0 bridgehead atoms. The predicted octanol–water partition coefficient (Wildman–Crippen LogP) is 7.64. The summed E-state index contributed by atoms with van der Waals surface area (Å²) in [6, 6.07) is 22.8. The third kappa shape index (κ3) is 7.16. The number of aliphatic hydroxyl groups excluding tert-OH is 1. The van der Waals surface area contributed by atoms with Crippen LogP contribution in [0.4, 0.5) is 11.5 Å². The Morgan fingerprint density at radius 2 is 1.74 bits per heavy atom. The highest BCUT2D eigenvalue weighted by Gasteiger charge is 2.26.